The van der Waals surface area contributed by atoms with Gasteiger partial charge in [0.25, 0.3) is 0 Å². The van der Waals surface area contributed by atoms with Crippen LogP contribution in [0, 0.1) is 11.8 Å². The molecule has 13 nitrogen and oxygen atoms in total. The van der Waals surface area contributed by atoms with Gasteiger partial charge in [-0.3, -0.25) is 0 Å². The highest BCUT2D eigenvalue weighted by Gasteiger charge is 2.44. The van der Waals surface area contributed by atoms with Gasteiger partial charge < -0.3 is 39.1 Å². The van der Waals surface area contributed by atoms with Gasteiger partial charge in [0.2, 0.25) is 10.0 Å². The first kappa shape index (κ1) is 36.6. The van der Waals surface area contributed by atoms with Crippen LogP contribution in [-0.4, -0.2) is 86.5 Å². The van der Waals surface area contributed by atoms with Crippen molar-refractivity contribution >= 4 is 33.2 Å². The van der Waals surface area contributed by atoms with Gasteiger partial charge in [0.05, 0.1) is 42.4 Å². The number of fused-ring (bicyclic) bond motifs is 2. The van der Waals surface area contributed by atoms with Gasteiger partial charge in [0, 0.05) is 30.6 Å². The molecule has 3 heterocycles. The maximum Gasteiger partial charge on any atom is 0.407 e. The molecule has 2 aromatic carbocycles. The number of aliphatic hydroxyl groups is 1. The molecule has 2 fully saturated rings. The first-order valence-corrected chi connectivity index (χ1v) is 18.0. The second-order valence-corrected chi connectivity index (χ2v) is 15.9. The van der Waals surface area contributed by atoms with Gasteiger partial charge in [-0.25, -0.2) is 18.0 Å². The average Bonchev–Trinajstić information content (AvgIpc) is 3.76. The number of aliphatic hydroxyl groups excluding tert-OH is 1. The summed E-state index contributed by atoms with van der Waals surface area (Å²) in [5.41, 5.74) is 1.19. The van der Waals surface area contributed by atoms with Gasteiger partial charge >= 0.3 is 12.2 Å². The third kappa shape index (κ3) is 9.51. The van der Waals surface area contributed by atoms with Crippen LogP contribution in [-0.2, 0) is 41.9 Å². The number of nitrogens with one attached hydrogen (secondary N) is 2. The quantitative estimate of drug-likeness (QED) is 0.230. The van der Waals surface area contributed by atoms with Crippen molar-refractivity contribution in [1.29, 1.82) is 0 Å². The second kappa shape index (κ2) is 15.5. The molecule has 0 spiro atoms. The molecule has 3 N–H and O–H groups in total. The van der Waals surface area contributed by atoms with Crippen LogP contribution in [0.5, 0.6) is 0 Å². The van der Waals surface area contributed by atoms with Crippen LogP contribution in [0.15, 0.2) is 64.1 Å². The number of sulfonamides is 1. The van der Waals surface area contributed by atoms with Crippen molar-refractivity contribution in [3.05, 3.63) is 65.9 Å². The minimum atomic E-state index is -4.15. The van der Waals surface area contributed by atoms with Crippen molar-refractivity contribution in [2.75, 3.05) is 26.3 Å². The standard InChI is InChI=1S/C35H47N3O10S/c1-22(2)18-38(49(42,43)25-11-12-30-27(16-25)24(20-45-30)17-36-33(40)48-35(3,4)5)19-29(39)28(15-23-9-7-6-8-10-23)37-34(41)47-31-21-46-32-26(31)13-14-44-32/h6-12,16,20,22,26,28-29,31-32,39H,13-15,17-19,21H2,1-5H3,(H,36,40)(H,37,41)/t26-,28-,29+,31?,32+/m0/s1. The fourth-order valence-electron chi connectivity index (χ4n) is 6.02. The molecule has 0 radical (unpaired) electrons. The van der Waals surface area contributed by atoms with Crippen LogP contribution >= 0.6 is 0 Å². The van der Waals surface area contributed by atoms with E-state index in [0.717, 1.165) is 5.56 Å². The highest BCUT2D eigenvalue weighted by molar-refractivity contribution is 7.89. The molecular weight excluding hydrogens is 654 g/mol. The minimum Gasteiger partial charge on any atom is -0.464 e. The van der Waals surface area contributed by atoms with Gasteiger partial charge in [-0.05, 0) is 63.3 Å². The average molecular weight is 702 g/mol. The van der Waals surface area contributed by atoms with E-state index in [2.05, 4.69) is 10.6 Å². The normalized spacial score (nSPS) is 20.7. The molecule has 5 atom stereocenters. The van der Waals surface area contributed by atoms with Gasteiger partial charge in [-0.15, -0.1) is 0 Å². The molecule has 5 rings (SSSR count). The number of rotatable bonds is 13. The number of hydrogen-bond donors (Lipinski definition) is 3. The molecule has 2 aliphatic rings. The zero-order valence-electron chi connectivity index (χ0n) is 28.6. The lowest BCUT2D eigenvalue weighted by atomic mass is 10.0. The van der Waals surface area contributed by atoms with E-state index in [-0.39, 0.29) is 49.4 Å². The molecule has 2 amide bonds. The molecule has 1 aromatic heterocycles. The third-order valence-corrected chi connectivity index (χ3v) is 10.2. The number of amides is 2. The summed E-state index contributed by atoms with van der Waals surface area (Å²) in [4.78, 5) is 25.4. The molecule has 49 heavy (non-hydrogen) atoms. The Morgan fingerprint density at radius 1 is 1.06 bits per heavy atom. The van der Waals surface area contributed by atoms with Gasteiger partial charge in [-0.2, -0.15) is 4.31 Å². The summed E-state index contributed by atoms with van der Waals surface area (Å²) in [6.45, 7) is 9.67. The number of ether oxygens (including phenoxy) is 4. The number of nitrogens with zero attached hydrogens (tertiary/aromatic N) is 1. The number of carbonyl (C=O) groups excluding carboxylic acids is 2. The van der Waals surface area contributed by atoms with Crippen LogP contribution in [0.3, 0.4) is 0 Å². The van der Waals surface area contributed by atoms with E-state index >= 15 is 0 Å². The van der Waals surface area contributed by atoms with Crippen molar-refractivity contribution in [2.45, 2.75) is 89.0 Å². The summed E-state index contributed by atoms with van der Waals surface area (Å²) in [7, 11) is -4.15. The topological polar surface area (TPSA) is 166 Å². The first-order valence-electron chi connectivity index (χ1n) is 16.6. The van der Waals surface area contributed by atoms with Crippen LogP contribution < -0.4 is 10.6 Å². The lowest BCUT2D eigenvalue weighted by Crippen LogP contribution is -2.51. The summed E-state index contributed by atoms with van der Waals surface area (Å²) in [5.74, 6) is -0.140. The van der Waals surface area contributed by atoms with Gasteiger partial charge in [0.1, 0.15) is 17.3 Å². The largest absolute Gasteiger partial charge is 0.464 e. The summed E-state index contributed by atoms with van der Waals surface area (Å²) in [5, 5.41) is 17.6. The van der Waals surface area contributed by atoms with Gasteiger partial charge in [-0.1, -0.05) is 44.2 Å². The Bertz CT molecular complexity index is 1690. The van der Waals surface area contributed by atoms with Crippen molar-refractivity contribution < 1.29 is 46.5 Å². The number of hydrogen-bond acceptors (Lipinski definition) is 10. The number of furan rings is 1. The Hall–Kier alpha value is -3.69. The monoisotopic (exact) mass is 701 g/mol. The van der Waals surface area contributed by atoms with Crippen molar-refractivity contribution in [2.24, 2.45) is 11.8 Å². The van der Waals surface area contributed by atoms with E-state index in [0.29, 0.717) is 29.6 Å². The molecule has 2 aliphatic heterocycles. The fraction of sp³-hybridized carbons (Fsp3) is 0.543. The molecule has 0 bridgehead atoms. The minimum absolute atomic E-state index is 0.00526. The van der Waals surface area contributed by atoms with E-state index in [4.69, 9.17) is 23.4 Å². The van der Waals surface area contributed by atoms with Crippen LogP contribution in [0.25, 0.3) is 11.0 Å². The molecule has 14 heteroatoms. The Morgan fingerprint density at radius 2 is 1.82 bits per heavy atom. The molecular formula is C35H47N3O10S. The van der Waals surface area contributed by atoms with E-state index in [1.165, 1.54) is 22.7 Å². The lowest BCUT2D eigenvalue weighted by Gasteiger charge is -2.31. The van der Waals surface area contributed by atoms with Crippen LogP contribution in [0.2, 0.25) is 0 Å². The highest BCUT2D eigenvalue weighted by Crippen LogP contribution is 2.33. The van der Waals surface area contributed by atoms with Crippen molar-refractivity contribution in [3.63, 3.8) is 0 Å². The van der Waals surface area contributed by atoms with E-state index in [1.54, 1.807) is 26.8 Å². The maximum absolute atomic E-state index is 14.2. The van der Waals surface area contributed by atoms with Crippen LogP contribution in [0.4, 0.5) is 9.59 Å². The second-order valence-electron chi connectivity index (χ2n) is 14.0. The Morgan fingerprint density at radius 3 is 2.53 bits per heavy atom. The zero-order valence-corrected chi connectivity index (χ0v) is 29.4. The summed E-state index contributed by atoms with van der Waals surface area (Å²) < 4.78 is 57.4. The first-order chi connectivity index (χ1) is 23.2. The smallest absolute Gasteiger partial charge is 0.407 e. The predicted molar refractivity (Wildman–Crippen MR) is 180 cm³/mol. The van der Waals surface area contributed by atoms with Crippen molar-refractivity contribution in [3.8, 4) is 0 Å². The Balaban J connectivity index is 1.34. The SMILES string of the molecule is CC(C)CN(C[C@@H](O)[C@H](Cc1ccccc1)NC(=O)OC1CO[C@H]2OCC[C@@H]12)S(=O)(=O)c1ccc2occ(CNC(=O)OC(C)(C)C)c2c1. The molecule has 1 unspecified atom stereocenters. The zero-order chi connectivity index (χ0) is 35.3. The summed E-state index contributed by atoms with van der Waals surface area (Å²) >= 11 is 0. The lowest BCUT2D eigenvalue weighted by molar-refractivity contribution is -0.0907. The van der Waals surface area contributed by atoms with E-state index in [9.17, 15) is 23.1 Å². The van der Waals surface area contributed by atoms with Crippen LogP contribution in [0.1, 0.15) is 52.2 Å². The highest BCUT2D eigenvalue weighted by atomic mass is 32.2. The molecule has 3 aromatic rings. The van der Waals surface area contributed by atoms with E-state index in [1.807, 2.05) is 44.2 Å². The third-order valence-electron chi connectivity index (χ3n) is 8.35. The molecule has 2 saturated heterocycles. The predicted octanol–water partition coefficient (Wildman–Crippen LogP) is 4.56. The molecule has 268 valence electrons. The van der Waals surface area contributed by atoms with E-state index < -0.39 is 52.4 Å². The summed E-state index contributed by atoms with van der Waals surface area (Å²) in [6, 6.07) is 13.0. The summed E-state index contributed by atoms with van der Waals surface area (Å²) in [6.07, 6.45) is -1.10. The Kier molecular flexibility index (Phi) is 11.5. The number of carbonyl (C=O) groups is 2. The fourth-order valence-corrected chi connectivity index (χ4v) is 7.67. The maximum atomic E-state index is 14.2. The van der Waals surface area contributed by atoms with Crippen molar-refractivity contribution in [1.82, 2.24) is 14.9 Å². The number of benzene rings is 2. The molecule has 0 aliphatic carbocycles. The molecule has 0 saturated carbocycles. The number of alkyl carbamates (subject to hydrolysis) is 2. The Labute approximate surface area is 287 Å². The van der Waals surface area contributed by atoms with Gasteiger partial charge in [0.15, 0.2) is 6.29 Å².